The van der Waals surface area contributed by atoms with E-state index in [2.05, 4.69) is 34.8 Å². The summed E-state index contributed by atoms with van der Waals surface area (Å²) >= 11 is 1.83. The zero-order valence-corrected chi connectivity index (χ0v) is 16.5. The Labute approximate surface area is 165 Å². The van der Waals surface area contributed by atoms with Gasteiger partial charge in [-0.1, -0.05) is 12.1 Å². The van der Waals surface area contributed by atoms with Gasteiger partial charge in [0.2, 0.25) is 0 Å². The molecule has 3 nitrogen and oxygen atoms in total. The Kier molecular flexibility index (Phi) is 4.97. The van der Waals surface area contributed by atoms with Gasteiger partial charge in [-0.25, -0.2) is 9.97 Å². The van der Waals surface area contributed by atoms with Gasteiger partial charge in [0.1, 0.15) is 0 Å². The number of halogens is 3. The number of alkyl halides is 3. The molecule has 7 heteroatoms. The second-order valence-electron chi connectivity index (χ2n) is 7.15. The Hall–Kier alpha value is -2.25. The van der Waals surface area contributed by atoms with Crippen LogP contribution in [0.3, 0.4) is 0 Å². The van der Waals surface area contributed by atoms with Crippen molar-refractivity contribution < 1.29 is 13.2 Å². The van der Waals surface area contributed by atoms with Gasteiger partial charge in [-0.2, -0.15) is 13.2 Å². The molecule has 28 heavy (non-hydrogen) atoms. The van der Waals surface area contributed by atoms with E-state index in [9.17, 15) is 13.2 Å². The largest absolute Gasteiger partial charge is 0.416 e. The first-order chi connectivity index (χ1) is 13.3. The Morgan fingerprint density at radius 2 is 1.89 bits per heavy atom. The number of hydrogen-bond acceptors (Lipinski definition) is 4. The fourth-order valence-electron chi connectivity index (χ4n) is 3.39. The second kappa shape index (κ2) is 7.29. The minimum Gasteiger partial charge on any atom is -0.292 e. The SMILES string of the molecule is Cc1cc(CN2CCc3cnc(-c4ccc(C(F)(F)F)cc4)nc3C2)sc1C. The van der Waals surface area contributed by atoms with Crippen molar-refractivity contribution in [2.45, 2.75) is 39.5 Å². The summed E-state index contributed by atoms with van der Waals surface area (Å²) < 4.78 is 38.3. The van der Waals surface area contributed by atoms with E-state index in [4.69, 9.17) is 0 Å². The molecule has 1 aromatic carbocycles. The molecule has 0 aliphatic carbocycles. The number of benzene rings is 1. The summed E-state index contributed by atoms with van der Waals surface area (Å²) in [4.78, 5) is 14.1. The summed E-state index contributed by atoms with van der Waals surface area (Å²) in [5.74, 6) is 0.470. The van der Waals surface area contributed by atoms with Gasteiger partial charge in [0.15, 0.2) is 5.82 Å². The Morgan fingerprint density at radius 3 is 2.54 bits per heavy atom. The predicted octanol–water partition coefficient (Wildman–Crippen LogP) is 5.40. The lowest BCUT2D eigenvalue weighted by molar-refractivity contribution is -0.137. The average molecular weight is 403 g/mol. The molecule has 2 aromatic heterocycles. The molecule has 1 aliphatic rings. The molecule has 4 rings (SSSR count). The molecule has 0 saturated carbocycles. The van der Waals surface area contributed by atoms with Gasteiger partial charge in [0, 0.05) is 41.1 Å². The molecule has 0 N–H and O–H groups in total. The van der Waals surface area contributed by atoms with Crippen molar-refractivity contribution in [3.05, 3.63) is 68.7 Å². The fraction of sp³-hybridized carbons (Fsp3) is 0.333. The van der Waals surface area contributed by atoms with Gasteiger partial charge in [-0.15, -0.1) is 11.3 Å². The summed E-state index contributed by atoms with van der Waals surface area (Å²) in [6, 6.07) is 7.26. The van der Waals surface area contributed by atoms with Crippen LogP contribution in [0.2, 0.25) is 0 Å². The Balaban J connectivity index is 1.53. The van der Waals surface area contributed by atoms with E-state index in [1.54, 1.807) is 0 Å². The molecule has 0 spiro atoms. The Morgan fingerprint density at radius 1 is 1.14 bits per heavy atom. The van der Waals surface area contributed by atoms with Gasteiger partial charge in [0.05, 0.1) is 11.3 Å². The molecule has 0 atom stereocenters. The zero-order valence-electron chi connectivity index (χ0n) is 15.7. The zero-order chi connectivity index (χ0) is 19.9. The number of thiophene rings is 1. The summed E-state index contributed by atoms with van der Waals surface area (Å²) in [7, 11) is 0. The van der Waals surface area contributed by atoms with Crippen LogP contribution in [0.15, 0.2) is 36.5 Å². The maximum atomic E-state index is 12.8. The topological polar surface area (TPSA) is 29.0 Å². The highest BCUT2D eigenvalue weighted by molar-refractivity contribution is 7.12. The van der Waals surface area contributed by atoms with Gasteiger partial charge in [0.25, 0.3) is 0 Å². The second-order valence-corrected chi connectivity index (χ2v) is 8.49. The minimum atomic E-state index is -4.34. The van der Waals surface area contributed by atoms with Crippen LogP contribution in [0, 0.1) is 13.8 Å². The van der Waals surface area contributed by atoms with Crippen LogP contribution in [-0.2, 0) is 25.7 Å². The van der Waals surface area contributed by atoms with Crippen molar-refractivity contribution in [2.24, 2.45) is 0 Å². The lowest BCUT2D eigenvalue weighted by Gasteiger charge is -2.27. The van der Waals surface area contributed by atoms with Gasteiger partial charge in [-0.3, -0.25) is 4.90 Å². The highest BCUT2D eigenvalue weighted by atomic mass is 32.1. The number of fused-ring (bicyclic) bond motifs is 1. The third kappa shape index (κ3) is 3.95. The molecule has 0 saturated heterocycles. The van der Waals surface area contributed by atoms with Crippen LogP contribution in [0.4, 0.5) is 13.2 Å². The van der Waals surface area contributed by atoms with E-state index in [0.717, 1.165) is 49.4 Å². The number of rotatable bonds is 3. The smallest absolute Gasteiger partial charge is 0.292 e. The van der Waals surface area contributed by atoms with Crippen molar-refractivity contribution in [3.63, 3.8) is 0 Å². The number of nitrogens with zero attached hydrogens (tertiary/aromatic N) is 3. The van der Waals surface area contributed by atoms with E-state index in [0.29, 0.717) is 11.4 Å². The van der Waals surface area contributed by atoms with E-state index in [1.165, 1.54) is 27.5 Å². The van der Waals surface area contributed by atoms with E-state index in [1.807, 2.05) is 17.5 Å². The molecule has 0 amide bonds. The number of hydrogen-bond donors (Lipinski definition) is 0. The van der Waals surface area contributed by atoms with Crippen molar-refractivity contribution in [2.75, 3.05) is 6.54 Å². The molecule has 1 aliphatic heterocycles. The molecule has 0 bridgehead atoms. The monoisotopic (exact) mass is 403 g/mol. The molecule has 0 unspecified atom stereocenters. The number of aromatic nitrogens is 2. The summed E-state index contributed by atoms with van der Waals surface area (Å²) in [5.41, 5.74) is 3.33. The molecule has 0 fully saturated rings. The lowest BCUT2D eigenvalue weighted by atomic mass is 10.1. The predicted molar refractivity (Wildman–Crippen MR) is 104 cm³/mol. The standard InChI is InChI=1S/C21H20F3N3S/c1-13-9-18(28-14(13)2)11-27-8-7-16-10-25-20(26-19(16)12-27)15-3-5-17(6-4-15)21(22,23)24/h3-6,9-10H,7-8,11-12H2,1-2H3. The molecule has 3 heterocycles. The van der Waals surface area contributed by atoms with Gasteiger partial charge >= 0.3 is 6.18 Å². The Bertz CT molecular complexity index is 974. The maximum Gasteiger partial charge on any atom is 0.416 e. The van der Waals surface area contributed by atoms with Crippen LogP contribution < -0.4 is 0 Å². The molecule has 0 radical (unpaired) electrons. The van der Waals surface area contributed by atoms with E-state index < -0.39 is 11.7 Å². The lowest BCUT2D eigenvalue weighted by Crippen LogP contribution is -2.30. The van der Waals surface area contributed by atoms with Crippen LogP contribution in [-0.4, -0.2) is 21.4 Å². The van der Waals surface area contributed by atoms with Crippen molar-refractivity contribution in [1.82, 2.24) is 14.9 Å². The van der Waals surface area contributed by atoms with Crippen LogP contribution in [0.5, 0.6) is 0 Å². The first kappa shape index (κ1) is 19.1. The van der Waals surface area contributed by atoms with Crippen molar-refractivity contribution in [3.8, 4) is 11.4 Å². The van der Waals surface area contributed by atoms with Crippen molar-refractivity contribution in [1.29, 1.82) is 0 Å². The highest BCUT2D eigenvalue weighted by Gasteiger charge is 2.30. The summed E-state index contributed by atoms with van der Waals surface area (Å²) in [6.45, 7) is 6.83. The van der Waals surface area contributed by atoms with Gasteiger partial charge < -0.3 is 0 Å². The summed E-state index contributed by atoms with van der Waals surface area (Å²) in [6.07, 6.45) is -1.65. The summed E-state index contributed by atoms with van der Waals surface area (Å²) in [5, 5.41) is 0. The third-order valence-electron chi connectivity index (χ3n) is 5.09. The van der Waals surface area contributed by atoms with E-state index >= 15 is 0 Å². The maximum absolute atomic E-state index is 12.8. The number of aryl methyl sites for hydroxylation is 2. The average Bonchev–Trinajstić information content (AvgIpc) is 2.97. The molecule has 146 valence electrons. The highest BCUT2D eigenvalue weighted by Crippen LogP contribution is 2.31. The normalized spacial score (nSPS) is 14.9. The van der Waals surface area contributed by atoms with Crippen LogP contribution >= 0.6 is 11.3 Å². The first-order valence-electron chi connectivity index (χ1n) is 9.10. The molecular formula is C21H20F3N3S. The van der Waals surface area contributed by atoms with Crippen LogP contribution in [0.25, 0.3) is 11.4 Å². The third-order valence-corrected chi connectivity index (χ3v) is 6.23. The van der Waals surface area contributed by atoms with Crippen LogP contribution in [0.1, 0.15) is 32.1 Å². The minimum absolute atomic E-state index is 0.470. The molecular weight excluding hydrogens is 383 g/mol. The molecule has 3 aromatic rings. The quantitative estimate of drug-likeness (QED) is 0.586. The first-order valence-corrected chi connectivity index (χ1v) is 9.92. The fourth-order valence-corrected chi connectivity index (χ4v) is 4.48. The van der Waals surface area contributed by atoms with E-state index in [-0.39, 0.29) is 0 Å². The van der Waals surface area contributed by atoms with Crippen molar-refractivity contribution >= 4 is 11.3 Å². The van der Waals surface area contributed by atoms with Gasteiger partial charge in [-0.05, 0) is 49.6 Å².